The van der Waals surface area contributed by atoms with Gasteiger partial charge in [-0.1, -0.05) is 36.4 Å². The highest BCUT2D eigenvalue weighted by Crippen LogP contribution is 2.29. The number of likely N-dealkylation sites (tertiary alicyclic amines) is 1. The third-order valence-electron chi connectivity index (χ3n) is 6.21. The van der Waals surface area contributed by atoms with Crippen molar-refractivity contribution in [1.29, 1.82) is 0 Å². The summed E-state index contributed by atoms with van der Waals surface area (Å²) in [7, 11) is 1.68. The Morgan fingerprint density at radius 3 is 2.62 bits per heavy atom. The molecule has 29 heavy (non-hydrogen) atoms. The van der Waals surface area contributed by atoms with Gasteiger partial charge in [-0.05, 0) is 74.0 Å². The van der Waals surface area contributed by atoms with Crippen molar-refractivity contribution >= 4 is 6.03 Å². The lowest BCUT2D eigenvalue weighted by molar-refractivity contribution is 0.217. The van der Waals surface area contributed by atoms with E-state index in [0.717, 1.165) is 38.1 Å². The second-order valence-corrected chi connectivity index (χ2v) is 8.03. The number of ether oxygens (including phenoxy) is 1. The van der Waals surface area contributed by atoms with Crippen LogP contribution in [0.3, 0.4) is 0 Å². The monoisotopic (exact) mass is 393 g/mol. The number of methoxy groups -OCH3 is 1. The summed E-state index contributed by atoms with van der Waals surface area (Å²) in [6.45, 7) is 2.76. The summed E-state index contributed by atoms with van der Waals surface area (Å²) in [6.07, 6.45) is 5.66. The van der Waals surface area contributed by atoms with Gasteiger partial charge < -0.3 is 15.4 Å². The van der Waals surface area contributed by atoms with E-state index in [1.807, 2.05) is 12.1 Å². The zero-order chi connectivity index (χ0) is 20.1. The van der Waals surface area contributed by atoms with Crippen molar-refractivity contribution in [2.45, 2.75) is 44.2 Å². The number of aryl methyl sites for hydroxylation is 1. The molecule has 0 radical (unpaired) electrons. The van der Waals surface area contributed by atoms with E-state index in [2.05, 4.69) is 51.9 Å². The maximum Gasteiger partial charge on any atom is 0.315 e. The zero-order valence-corrected chi connectivity index (χ0v) is 17.2. The van der Waals surface area contributed by atoms with Crippen LogP contribution in [-0.4, -0.2) is 37.7 Å². The molecule has 0 spiro atoms. The molecule has 1 aliphatic heterocycles. The third-order valence-corrected chi connectivity index (χ3v) is 6.21. The number of amides is 2. The SMILES string of the molecule is COc1ccc([C@@H](CNC(=O)N[C@@H]2CCCc3ccccc32)N2CCCC2)cc1. The van der Waals surface area contributed by atoms with Crippen LogP contribution in [0.5, 0.6) is 5.75 Å². The van der Waals surface area contributed by atoms with E-state index in [4.69, 9.17) is 4.74 Å². The number of rotatable bonds is 6. The summed E-state index contributed by atoms with van der Waals surface area (Å²) < 4.78 is 5.29. The highest BCUT2D eigenvalue weighted by molar-refractivity contribution is 5.74. The average Bonchev–Trinajstić information content (AvgIpc) is 3.29. The maximum atomic E-state index is 12.7. The first kappa shape index (κ1) is 19.8. The van der Waals surface area contributed by atoms with Gasteiger partial charge in [-0.15, -0.1) is 0 Å². The lowest BCUT2D eigenvalue weighted by Crippen LogP contribution is -2.43. The van der Waals surface area contributed by atoms with Gasteiger partial charge in [0.15, 0.2) is 0 Å². The summed E-state index contributed by atoms with van der Waals surface area (Å²) in [5, 5.41) is 6.34. The molecule has 0 saturated carbocycles. The van der Waals surface area contributed by atoms with Crippen LogP contribution in [0.1, 0.15) is 54.5 Å². The lowest BCUT2D eigenvalue weighted by atomic mass is 9.88. The molecule has 2 aromatic carbocycles. The fourth-order valence-corrected chi connectivity index (χ4v) is 4.64. The molecular weight excluding hydrogens is 362 g/mol. The number of hydrogen-bond donors (Lipinski definition) is 2. The van der Waals surface area contributed by atoms with Crippen molar-refractivity contribution in [1.82, 2.24) is 15.5 Å². The van der Waals surface area contributed by atoms with Gasteiger partial charge in [0.2, 0.25) is 0 Å². The first-order valence-electron chi connectivity index (χ1n) is 10.7. The van der Waals surface area contributed by atoms with E-state index < -0.39 is 0 Å². The smallest absolute Gasteiger partial charge is 0.315 e. The van der Waals surface area contributed by atoms with E-state index in [-0.39, 0.29) is 18.1 Å². The molecule has 0 bridgehead atoms. The van der Waals surface area contributed by atoms with E-state index in [1.54, 1.807) is 7.11 Å². The molecule has 1 fully saturated rings. The van der Waals surface area contributed by atoms with E-state index in [0.29, 0.717) is 6.54 Å². The molecule has 2 N–H and O–H groups in total. The van der Waals surface area contributed by atoms with Crippen LogP contribution in [-0.2, 0) is 6.42 Å². The average molecular weight is 394 g/mol. The number of carbonyl (C=O) groups is 1. The second-order valence-electron chi connectivity index (χ2n) is 8.03. The highest BCUT2D eigenvalue weighted by atomic mass is 16.5. The van der Waals surface area contributed by atoms with Crippen LogP contribution in [0, 0.1) is 0 Å². The van der Waals surface area contributed by atoms with Crippen LogP contribution in [0.25, 0.3) is 0 Å². The molecule has 2 aromatic rings. The van der Waals surface area contributed by atoms with Crippen molar-refractivity contribution in [2.75, 3.05) is 26.7 Å². The summed E-state index contributed by atoms with van der Waals surface area (Å²) in [6, 6.07) is 16.9. The minimum atomic E-state index is -0.0792. The van der Waals surface area contributed by atoms with Crippen molar-refractivity contribution in [3.05, 3.63) is 65.2 Å². The minimum absolute atomic E-state index is 0.0792. The molecule has 0 unspecified atom stereocenters. The zero-order valence-electron chi connectivity index (χ0n) is 17.2. The summed E-state index contributed by atoms with van der Waals surface area (Å²) in [4.78, 5) is 15.2. The van der Waals surface area contributed by atoms with E-state index in [9.17, 15) is 4.79 Å². The Morgan fingerprint density at radius 1 is 1.10 bits per heavy atom. The number of fused-ring (bicyclic) bond motifs is 1. The first-order chi connectivity index (χ1) is 14.2. The Labute approximate surface area is 173 Å². The molecule has 2 aliphatic rings. The predicted molar refractivity (Wildman–Crippen MR) is 115 cm³/mol. The van der Waals surface area contributed by atoms with Crippen molar-refractivity contribution in [2.24, 2.45) is 0 Å². The van der Waals surface area contributed by atoms with Gasteiger partial charge in [-0.3, -0.25) is 4.90 Å². The first-order valence-corrected chi connectivity index (χ1v) is 10.7. The molecule has 1 aliphatic carbocycles. The highest BCUT2D eigenvalue weighted by Gasteiger charge is 2.25. The molecule has 5 nitrogen and oxygen atoms in total. The second kappa shape index (κ2) is 9.31. The number of urea groups is 1. The largest absolute Gasteiger partial charge is 0.497 e. The molecule has 1 heterocycles. The molecule has 5 heteroatoms. The third kappa shape index (κ3) is 4.73. The van der Waals surface area contributed by atoms with Crippen molar-refractivity contribution < 1.29 is 9.53 Å². The van der Waals surface area contributed by atoms with Crippen LogP contribution >= 0.6 is 0 Å². The van der Waals surface area contributed by atoms with Gasteiger partial charge in [-0.25, -0.2) is 4.79 Å². The summed E-state index contributed by atoms with van der Waals surface area (Å²) in [5.74, 6) is 0.857. The quantitative estimate of drug-likeness (QED) is 0.773. The fourth-order valence-electron chi connectivity index (χ4n) is 4.64. The predicted octanol–water partition coefficient (Wildman–Crippen LogP) is 4.21. The number of nitrogens with zero attached hydrogens (tertiary/aromatic N) is 1. The van der Waals surface area contributed by atoms with Gasteiger partial charge in [0.1, 0.15) is 5.75 Å². The lowest BCUT2D eigenvalue weighted by Gasteiger charge is -2.30. The fraction of sp³-hybridized carbons (Fsp3) is 0.458. The van der Waals surface area contributed by atoms with Crippen molar-refractivity contribution in [3.63, 3.8) is 0 Å². The van der Waals surface area contributed by atoms with Gasteiger partial charge in [0, 0.05) is 6.54 Å². The number of carbonyl (C=O) groups excluding carboxylic acids is 1. The molecule has 0 aromatic heterocycles. The van der Waals surface area contributed by atoms with Gasteiger partial charge >= 0.3 is 6.03 Å². The van der Waals surface area contributed by atoms with Crippen LogP contribution < -0.4 is 15.4 Å². The van der Waals surface area contributed by atoms with Crippen molar-refractivity contribution in [3.8, 4) is 5.75 Å². The Kier molecular flexibility index (Phi) is 6.35. The van der Waals surface area contributed by atoms with Crippen LogP contribution in [0.2, 0.25) is 0 Å². The Hall–Kier alpha value is -2.53. The standard InChI is InChI=1S/C24H31N3O2/c1-29-20-13-11-19(12-14-20)23(27-15-4-5-16-27)17-25-24(28)26-22-10-6-8-18-7-2-3-9-21(18)22/h2-3,7,9,11-14,22-23H,4-6,8,10,15-17H2,1H3,(H2,25,26,28)/t22-,23-/m1/s1. The molecule has 2 atom stereocenters. The molecule has 2 amide bonds. The molecule has 1 saturated heterocycles. The number of benzene rings is 2. The number of nitrogens with one attached hydrogen (secondary N) is 2. The molecular formula is C24H31N3O2. The Balaban J connectivity index is 1.40. The Morgan fingerprint density at radius 2 is 1.86 bits per heavy atom. The van der Waals surface area contributed by atoms with E-state index >= 15 is 0 Å². The molecule has 154 valence electrons. The van der Waals surface area contributed by atoms with Crippen LogP contribution in [0.4, 0.5) is 4.79 Å². The maximum absolute atomic E-state index is 12.7. The number of hydrogen-bond acceptors (Lipinski definition) is 3. The van der Waals surface area contributed by atoms with Crippen LogP contribution in [0.15, 0.2) is 48.5 Å². The molecule has 4 rings (SSSR count). The van der Waals surface area contributed by atoms with Gasteiger partial charge in [0.25, 0.3) is 0 Å². The van der Waals surface area contributed by atoms with E-state index in [1.165, 1.54) is 29.5 Å². The minimum Gasteiger partial charge on any atom is -0.497 e. The Bertz CT molecular complexity index is 815. The van der Waals surface area contributed by atoms with Gasteiger partial charge in [-0.2, -0.15) is 0 Å². The normalized spacial score (nSPS) is 20.0. The topological polar surface area (TPSA) is 53.6 Å². The van der Waals surface area contributed by atoms with Gasteiger partial charge in [0.05, 0.1) is 19.2 Å². The summed E-state index contributed by atoms with van der Waals surface area (Å²) >= 11 is 0. The summed E-state index contributed by atoms with van der Waals surface area (Å²) in [5.41, 5.74) is 3.84.